The molecule has 1 rings (SSSR count). The Morgan fingerprint density at radius 1 is 1.29 bits per heavy atom. The van der Waals surface area contributed by atoms with Crippen molar-refractivity contribution in [1.82, 2.24) is 5.32 Å². The summed E-state index contributed by atoms with van der Waals surface area (Å²) in [6.45, 7) is 1.60. The fourth-order valence-corrected chi connectivity index (χ4v) is 2.08. The summed E-state index contributed by atoms with van der Waals surface area (Å²) in [7, 11) is 1.34. The molecule has 0 aromatic heterocycles. The minimum Gasteiger partial charge on any atom is -0.467 e. The number of nitrogens with one attached hydrogen (secondary N) is 1. The van der Waals surface area contributed by atoms with E-state index in [1.807, 2.05) is 0 Å². The second-order valence-electron chi connectivity index (χ2n) is 4.41. The molecule has 1 atom stereocenters. The number of hydrogen-bond acceptors (Lipinski definition) is 4. The van der Waals surface area contributed by atoms with Gasteiger partial charge in [0.2, 0.25) is 5.91 Å². The maximum atomic E-state index is 11.8. The predicted octanol–water partition coefficient (Wildman–Crippen LogP) is 0.747. The number of amides is 1. The molecule has 0 saturated heterocycles. The van der Waals surface area contributed by atoms with Crippen LogP contribution in [0.5, 0.6) is 0 Å². The lowest BCUT2D eigenvalue weighted by Gasteiger charge is -2.35. The van der Waals surface area contributed by atoms with Gasteiger partial charge in [-0.25, -0.2) is 4.79 Å². The molecule has 1 amide bonds. The molecule has 0 radical (unpaired) electrons. The van der Waals surface area contributed by atoms with Gasteiger partial charge in [-0.05, 0) is 19.8 Å². The molecule has 100 valence electrons. The van der Waals surface area contributed by atoms with E-state index < -0.39 is 11.6 Å². The fraction of sp³-hybridized carbons (Fsp3) is 0.818. The number of hydrogen-bond donors (Lipinski definition) is 2. The molecule has 17 heavy (non-hydrogen) atoms. The maximum Gasteiger partial charge on any atom is 0.331 e. The summed E-state index contributed by atoms with van der Waals surface area (Å²) in [6.07, 6.45) is 4.21. The highest BCUT2D eigenvalue weighted by molar-refractivity contribution is 5.90. The Morgan fingerprint density at radius 2 is 1.82 bits per heavy atom. The van der Waals surface area contributed by atoms with E-state index in [4.69, 9.17) is 10.5 Å². The van der Waals surface area contributed by atoms with Gasteiger partial charge in [-0.15, -0.1) is 12.4 Å². The molecule has 3 N–H and O–H groups in total. The first-order chi connectivity index (χ1) is 7.52. The summed E-state index contributed by atoms with van der Waals surface area (Å²) in [4.78, 5) is 23.4. The third kappa shape index (κ3) is 3.85. The van der Waals surface area contributed by atoms with Crippen molar-refractivity contribution >= 4 is 24.3 Å². The van der Waals surface area contributed by atoms with Crippen LogP contribution in [0.4, 0.5) is 0 Å². The molecular formula is C11H21ClN2O3. The molecule has 0 aromatic rings. The predicted molar refractivity (Wildman–Crippen MR) is 66.9 cm³/mol. The third-order valence-electron chi connectivity index (χ3n) is 3.06. The number of ether oxygens (including phenoxy) is 1. The van der Waals surface area contributed by atoms with Crippen molar-refractivity contribution in [2.24, 2.45) is 5.73 Å². The van der Waals surface area contributed by atoms with Crippen LogP contribution in [0.1, 0.15) is 39.0 Å². The Morgan fingerprint density at radius 3 is 2.24 bits per heavy atom. The second kappa shape index (κ2) is 6.81. The van der Waals surface area contributed by atoms with E-state index in [-0.39, 0.29) is 24.3 Å². The first-order valence-corrected chi connectivity index (χ1v) is 5.68. The van der Waals surface area contributed by atoms with Crippen LogP contribution >= 0.6 is 12.4 Å². The highest BCUT2D eigenvalue weighted by atomic mass is 35.5. The molecule has 5 nitrogen and oxygen atoms in total. The fourth-order valence-electron chi connectivity index (χ4n) is 2.08. The summed E-state index contributed by atoms with van der Waals surface area (Å²) in [5, 5.41) is 2.74. The minimum absolute atomic E-state index is 0. The Labute approximate surface area is 108 Å². The van der Waals surface area contributed by atoms with Crippen LogP contribution in [-0.2, 0) is 14.3 Å². The van der Waals surface area contributed by atoms with Crippen molar-refractivity contribution in [3.8, 4) is 0 Å². The van der Waals surface area contributed by atoms with Crippen LogP contribution in [0.3, 0.4) is 0 Å². The summed E-state index contributed by atoms with van der Waals surface area (Å²) < 4.78 is 4.78. The van der Waals surface area contributed by atoms with E-state index in [9.17, 15) is 9.59 Å². The van der Waals surface area contributed by atoms with Crippen LogP contribution in [-0.4, -0.2) is 30.6 Å². The molecule has 1 saturated carbocycles. The van der Waals surface area contributed by atoms with Gasteiger partial charge in [-0.3, -0.25) is 4.79 Å². The average Bonchev–Trinajstić information content (AvgIpc) is 2.29. The Bertz CT molecular complexity index is 276. The van der Waals surface area contributed by atoms with Gasteiger partial charge in [0, 0.05) is 0 Å². The average molecular weight is 265 g/mol. The van der Waals surface area contributed by atoms with Crippen molar-refractivity contribution in [3.63, 3.8) is 0 Å². The zero-order valence-electron chi connectivity index (χ0n) is 10.3. The molecule has 1 aliphatic rings. The molecule has 0 spiro atoms. The molecule has 0 bridgehead atoms. The molecular weight excluding hydrogens is 244 g/mol. The van der Waals surface area contributed by atoms with Gasteiger partial charge < -0.3 is 15.8 Å². The number of esters is 1. The second-order valence-corrected chi connectivity index (χ2v) is 4.41. The Hall–Kier alpha value is -0.810. The number of carbonyl (C=O) groups excluding carboxylic acids is 2. The first kappa shape index (κ1) is 16.2. The molecule has 1 aliphatic carbocycles. The first-order valence-electron chi connectivity index (χ1n) is 5.68. The van der Waals surface area contributed by atoms with E-state index in [1.165, 1.54) is 7.11 Å². The molecule has 0 aromatic carbocycles. The molecule has 0 unspecified atom stereocenters. The summed E-state index contributed by atoms with van der Waals surface area (Å²) in [5.41, 5.74) is 4.64. The highest BCUT2D eigenvalue weighted by Crippen LogP contribution is 2.29. The standard InChI is InChI=1S/C11H20N2O3.ClH/c1-8(12)9(14)13-11(10(15)16-2)6-4-3-5-7-11;/h8H,3-7,12H2,1-2H3,(H,13,14);1H/t8-;/m0./s1. The lowest BCUT2D eigenvalue weighted by Crippen LogP contribution is -2.59. The zero-order chi connectivity index (χ0) is 12.2. The number of nitrogens with two attached hydrogens (primary N) is 1. The lowest BCUT2D eigenvalue weighted by molar-refractivity contribution is -0.152. The lowest BCUT2D eigenvalue weighted by atomic mass is 9.81. The summed E-state index contributed by atoms with van der Waals surface area (Å²) in [5.74, 6) is -0.659. The topological polar surface area (TPSA) is 81.4 Å². The number of carbonyl (C=O) groups is 2. The van der Waals surface area contributed by atoms with E-state index in [0.29, 0.717) is 12.8 Å². The third-order valence-corrected chi connectivity index (χ3v) is 3.06. The smallest absolute Gasteiger partial charge is 0.331 e. The van der Waals surface area contributed by atoms with Crippen LogP contribution in [0.25, 0.3) is 0 Å². The molecule has 1 fully saturated rings. The van der Waals surface area contributed by atoms with Gasteiger partial charge in [0.1, 0.15) is 5.54 Å². The SMILES string of the molecule is COC(=O)C1(NC(=O)[C@H](C)N)CCCCC1.Cl. The Balaban J connectivity index is 0.00000256. The summed E-state index contributed by atoms with van der Waals surface area (Å²) >= 11 is 0. The summed E-state index contributed by atoms with van der Waals surface area (Å²) in [6, 6.07) is -0.608. The van der Waals surface area contributed by atoms with Crippen molar-refractivity contribution < 1.29 is 14.3 Å². The molecule has 6 heteroatoms. The van der Waals surface area contributed by atoms with Gasteiger partial charge in [-0.1, -0.05) is 19.3 Å². The number of halogens is 1. The molecule has 0 aliphatic heterocycles. The van der Waals surface area contributed by atoms with Crippen molar-refractivity contribution in [2.75, 3.05) is 7.11 Å². The number of rotatable bonds is 3. The minimum atomic E-state index is -0.849. The monoisotopic (exact) mass is 264 g/mol. The largest absolute Gasteiger partial charge is 0.467 e. The van der Waals surface area contributed by atoms with Gasteiger partial charge in [0.15, 0.2) is 0 Å². The van der Waals surface area contributed by atoms with Gasteiger partial charge >= 0.3 is 5.97 Å². The Kier molecular flexibility index (Phi) is 6.49. The van der Waals surface area contributed by atoms with E-state index in [1.54, 1.807) is 6.92 Å². The maximum absolute atomic E-state index is 11.8. The van der Waals surface area contributed by atoms with Crippen molar-refractivity contribution in [1.29, 1.82) is 0 Å². The van der Waals surface area contributed by atoms with Gasteiger partial charge in [0.05, 0.1) is 13.2 Å². The molecule has 0 heterocycles. The zero-order valence-corrected chi connectivity index (χ0v) is 11.1. The van der Waals surface area contributed by atoms with E-state index in [2.05, 4.69) is 5.32 Å². The van der Waals surface area contributed by atoms with Crippen molar-refractivity contribution in [2.45, 2.75) is 50.6 Å². The van der Waals surface area contributed by atoms with E-state index >= 15 is 0 Å². The normalized spacial score (nSPS) is 19.7. The van der Waals surface area contributed by atoms with Gasteiger partial charge in [0.25, 0.3) is 0 Å². The van der Waals surface area contributed by atoms with Crippen LogP contribution in [0.15, 0.2) is 0 Å². The number of methoxy groups -OCH3 is 1. The van der Waals surface area contributed by atoms with Crippen LogP contribution in [0.2, 0.25) is 0 Å². The quantitative estimate of drug-likeness (QED) is 0.737. The van der Waals surface area contributed by atoms with Crippen molar-refractivity contribution in [3.05, 3.63) is 0 Å². The van der Waals surface area contributed by atoms with Crippen LogP contribution in [0, 0.1) is 0 Å². The van der Waals surface area contributed by atoms with Gasteiger partial charge in [-0.2, -0.15) is 0 Å². The highest BCUT2D eigenvalue weighted by Gasteiger charge is 2.42. The van der Waals surface area contributed by atoms with E-state index in [0.717, 1.165) is 19.3 Å². The van der Waals surface area contributed by atoms with Crippen LogP contribution < -0.4 is 11.1 Å².